The normalized spacial score (nSPS) is 16.8. The molecule has 3 aromatic carbocycles. The predicted molar refractivity (Wildman–Crippen MR) is 156 cm³/mol. The first kappa shape index (κ1) is 26.8. The van der Waals surface area contributed by atoms with Gasteiger partial charge in [0.2, 0.25) is 0 Å². The Morgan fingerprint density at radius 2 is 1.82 bits per heavy atom. The minimum atomic E-state index is -0.190. The number of hydrazone groups is 1. The van der Waals surface area contributed by atoms with Crippen LogP contribution in [0.2, 0.25) is 15.1 Å². The average molecular weight is 599 g/mol. The lowest BCUT2D eigenvalue weighted by Crippen LogP contribution is -2.23. The van der Waals surface area contributed by atoms with Gasteiger partial charge in [-0.1, -0.05) is 52.1 Å². The zero-order valence-electron chi connectivity index (χ0n) is 21.3. The molecule has 1 aliphatic heterocycles. The lowest BCUT2D eigenvalue weighted by molar-refractivity contribution is 0.176. The summed E-state index contributed by atoms with van der Waals surface area (Å²) in [6.07, 6.45) is 3.48. The molecule has 2 aliphatic rings. The van der Waals surface area contributed by atoms with E-state index in [4.69, 9.17) is 60.4 Å². The Morgan fingerprint density at radius 3 is 2.55 bits per heavy atom. The maximum Gasteiger partial charge on any atom is 0.152 e. The number of fused-ring (bicyclic) bond motifs is 1. The minimum absolute atomic E-state index is 0.190. The number of nitrogens with zero attached hydrogens (tertiary/aromatic N) is 2. The van der Waals surface area contributed by atoms with Crippen LogP contribution in [-0.4, -0.2) is 11.0 Å². The van der Waals surface area contributed by atoms with E-state index in [0.717, 1.165) is 59.4 Å². The van der Waals surface area contributed by atoms with E-state index < -0.39 is 0 Å². The molecule has 40 heavy (non-hydrogen) atoms. The molecule has 0 spiro atoms. The Morgan fingerprint density at radius 1 is 1.02 bits per heavy atom. The van der Waals surface area contributed by atoms with Crippen molar-refractivity contribution in [3.05, 3.63) is 97.7 Å². The van der Waals surface area contributed by atoms with Gasteiger partial charge >= 0.3 is 0 Å². The maximum atomic E-state index is 6.74. The Bertz CT molecular complexity index is 1580. The van der Waals surface area contributed by atoms with Crippen molar-refractivity contribution in [2.75, 3.05) is 0 Å². The van der Waals surface area contributed by atoms with Gasteiger partial charge in [-0.25, -0.2) is 11.4 Å². The van der Waals surface area contributed by atoms with Crippen molar-refractivity contribution in [1.82, 2.24) is 10.7 Å². The van der Waals surface area contributed by atoms with Gasteiger partial charge in [-0.3, -0.25) is 0 Å². The standard InChI is InChI=1S/C29H26Cl3N5O3/c30-21-2-1-3-22(31)26(21)27-20(28(40-36-27)15-4-5-15)14-38-18-8-9-19(23(32)13-18)25-11-6-16-12-17(29(33)35-37-34)7-10-24(16)39-25/h1-3,7-10,12-13,15,25,37H,4-6,11,14,34H2,(H2,33,35). The van der Waals surface area contributed by atoms with Crippen LogP contribution < -0.4 is 26.6 Å². The third-order valence-corrected chi connectivity index (χ3v) is 8.11. The number of nitrogens with one attached hydrogen (secondary N) is 1. The van der Waals surface area contributed by atoms with Crippen molar-refractivity contribution in [2.24, 2.45) is 16.7 Å². The van der Waals surface area contributed by atoms with E-state index >= 15 is 0 Å². The van der Waals surface area contributed by atoms with E-state index in [1.54, 1.807) is 18.2 Å². The molecule has 2 heterocycles. The van der Waals surface area contributed by atoms with Gasteiger partial charge in [0.1, 0.15) is 35.7 Å². The van der Waals surface area contributed by atoms with Crippen LogP contribution in [0.5, 0.6) is 11.5 Å². The summed E-state index contributed by atoms with van der Waals surface area (Å²) in [6.45, 7) is 0.240. The van der Waals surface area contributed by atoms with E-state index in [2.05, 4.69) is 15.8 Å². The van der Waals surface area contributed by atoms with Gasteiger partial charge in [0, 0.05) is 22.6 Å². The summed E-state index contributed by atoms with van der Waals surface area (Å²) >= 11 is 19.7. The second-order valence-electron chi connectivity index (χ2n) is 9.81. The van der Waals surface area contributed by atoms with Crippen molar-refractivity contribution in [3.63, 3.8) is 0 Å². The molecule has 5 N–H and O–H groups in total. The summed E-state index contributed by atoms with van der Waals surface area (Å²) in [5.74, 6) is 8.10. The molecule has 0 radical (unpaired) electrons. The van der Waals surface area contributed by atoms with Gasteiger partial charge in [-0.05, 0) is 73.7 Å². The van der Waals surface area contributed by atoms with Crippen LogP contribution in [0.15, 0.2) is 64.2 Å². The number of halogens is 3. The second-order valence-corrected chi connectivity index (χ2v) is 11.0. The zero-order valence-corrected chi connectivity index (χ0v) is 23.6. The Balaban J connectivity index is 1.19. The van der Waals surface area contributed by atoms with Gasteiger partial charge in [0.15, 0.2) is 5.84 Å². The van der Waals surface area contributed by atoms with Crippen molar-refractivity contribution >= 4 is 40.6 Å². The number of amidine groups is 1. The molecule has 6 rings (SSSR count). The fourth-order valence-electron chi connectivity index (χ4n) is 4.96. The van der Waals surface area contributed by atoms with E-state index in [1.807, 2.05) is 36.4 Å². The molecule has 8 nitrogen and oxygen atoms in total. The maximum absolute atomic E-state index is 6.74. The van der Waals surface area contributed by atoms with Crippen molar-refractivity contribution in [2.45, 2.75) is 44.3 Å². The van der Waals surface area contributed by atoms with Crippen LogP contribution in [0.25, 0.3) is 11.3 Å². The minimum Gasteiger partial charge on any atom is -0.489 e. The number of aryl methyl sites for hydroxylation is 1. The van der Waals surface area contributed by atoms with E-state index in [9.17, 15) is 0 Å². The van der Waals surface area contributed by atoms with Gasteiger partial charge in [0.05, 0.1) is 20.6 Å². The first-order valence-corrected chi connectivity index (χ1v) is 14.0. The molecular formula is C29H26Cl3N5O3. The van der Waals surface area contributed by atoms with E-state index in [0.29, 0.717) is 43.8 Å². The fraction of sp³-hybridized carbons (Fsp3) is 0.241. The largest absolute Gasteiger partial charge is 0.489 e. The first-order valence-electron chi connectivity index (χ1n) is 12.9. The van der Waals surface area contributed by atoms with Crippen LogP contribution in [0.3, 0.4) is 0 Å². The number of hydrazine groups is 1. The summed E-state index contributed by atoms with van der Waals surface area (Å²) in [4.78, 5) is 0. The SMILES string of the molecule is NN/N=C(\N)c1ccc2c(c1)CCC(c1ccc(OCc3c(-c4c(Cl)cccc4Cl)noc3C3CC3)cc1Cl)O2. The molecule has 0 amide bonds. The molecule has 11 heteroatoms. The highest BCUT2D eigenvalue weighted by molar-refractivity contribution is 6.39. The number of nitrogens with two attached hydrogens (primary N) is 2. The second kappa shape index (κ2) is 11.2. The van der Waals surface area contributed by atoms with Crippen molar-refractivity contribution in [1.29, 1.82) is 0 Å². The molecule has 1 aromatic heterocycles. The van der Waals surface area contributed by atoms with Crippen LogP contribution >= 0.6 is 34.8 Å². The molecule has 4 aromatic rings. The summed E-state index contributed by atoms with van der Waals surface area (Å²) in [5.41, 5.74) is 13.0. The van der Waals surface area contributed by atoms with Gasteiger partial charge in [0.25, 0.3) is 0 Å². The topological polar surface area (TPSA) is 121 Å². The third-order valence-electron chi connectivity index (χ3n) is 7.15. The zero-order chi connectivity index (χ0) is 27.8. The number of benzene rings is 3. The summed E-state index contributed by atoms with van der Waals surface area (Å²) in [6, 6.07) is 16.7. The molecule has 206 valence electrons. The highest BCUT2D eigenvalue weighted by atomic mass is 35.5. The fourth-order valence-corrected chi connectivity index (χ4v) is 5.83. The summed E-state index contributed by atoms with van der Waals surface area (Å²) in [5, 5.41) is 9.74. The molecule has 1 saturated carbocycles. The number of hydrogen-bond donors (Lipinski definition) is 3. The lowest BCUT2D eigenvalue weighted by Gasteiger charge is -2.27. The third kappa shape index (κ3) is 5.32. The number of hydrogen-bond acceptors (Lipinski definition) is 7. The Hall–Kier alpha value is -3.43. The highest BCUT2D eigenvalue weighted by Crippen LogP contribution is 2.46. The molecule has 0 bridgehead atoms. The van der Waals surface area contributed by atoms with Gasteiger partial charge in [-0.2, -0.15) is 0 Å². The number of rotatable bonds is 8. The Labute approximate surface area is 246 Å². The van der Waals surface area contributed by atoms with Gasteiger partial charge in [-0.15, -0.1) is 5.10 Å². The molecule has 0 saturated heterocycles. The van der Waals surface area contributed by atoms with Crippen LogP contribution in [-0.2, 0) is 13.0 Å². The van der Waals surface area contributed by atoms with Crippen molar-refractivity contribution < 1.29 is 14.0 Å². The quantitative estimate of drug-likeness (QED) is 0.0872. The summed E-state index contributed by atoms with van der Waals surface area (Å²) in [7, 11) is 0. The Kier molecular flexibility index (Phi) is 7.51. The number of aromatic nitrogens is 1. The van der Waals surface area contributed by atoms with Crippen LogP contribution in [0.4, 0.5) is 0 Å². The predicted octanol–water partition coefficient (Wildman–Crippen LogP) is 6.91. The number of ether oxygens (including phenoxy) is 2. The van der Waals surface area contributed by atoms with Gasteiger partial charge < -0.3 is 19.7 Å². The average Bonchev–Trinajstić information content (AvgIpc) is 3.71. The molecular weight excluding hydrogens is 573 g/mol. The van der Waals surface area contributed by atoms with Crippen LogP contribution in [0, 0.1) is 0 Å². The molecule has 1 unspecified atom stereocenters. The van der Waals surface area contributed by atoms with E-state index in [-0.39, 0.29) is 12.7 Å². The van der Waals surface area contributed by atoms with Crippen LogP contribution in [0.1, 0.15) is 59.3 Å². The smallest absolute Gasteiger partial charge is 0.152 e. The van der Waals surface area contributed by atoms with E-state index in [1.165, 1.54) is 0 Å². The monoisotopic (exact) mass is 597 g/mol. The molecule has 1 atom stereocenters. The molecule has 1 fully saturated rings. The highest BCUT2D eigenvalue weighted by Gasteiger charge is 2.34. The first-order chi connectivity index (χ1) is 19.4. The lowest BCUT2D eigenvalue weighted by atomic mass is 9.96. The summed E-state index contributed by atoms with van der Waals surface area (Å²) < 4.78 is 18.2. The molecule has 1 aliphatic carbocycles. The van der Waals surface area contributed by atoms with Crippen molar-refractivity contribution in [3.8, 4) is 22.8 Å².